The fourth-order valence-corrected chi connectivity index (χ4v) is 2.85. The van der Waals surface area contributed by atoms with E-state index in [0.717, 1.165) is 28.0 Å². The molecule has 0 aliphatic carbocycles. The van der Waals surface area contributed by atoms with Crippen LogP contribution in [0.15, 0.2) is 51.8 Å². The summed E-state index contributed by atoms with van der Waals surface area (Å²) in [5, 5.41) is 3.46. The van der Waals surface area contributed by atoms with Crippen molar-refractivity contribution < 1.29 is 4.74 Å². The van der Waals surface area contributed by atoms with Crippen molar-refractivity contribution in [3.05, 3.63) is 52.5 Å². The first-order chi connectivity index (χ1) is 9.24. The van der Waals surface area contributed by atoms with Crippen LogP contribution >= 0.6 is 27.7 Å². The van der Waals surface area contributed by atoms with Gasteiger partial charge in [0, 0.05) is 27.2 Å². The van der Waals surface area contributed by atoms with Crippen molar-refractivity contribution in [2.24, 2.45) is 0 Å². The van der Waals surface area contributed by atoms with E-state index in [1.54, 1.807) is 18.9 Å². The Morgan fingerprint density at radius 2 is 2.00 bits per heavy atom. The zero-order chi connectivity index (χ0) is 13.7. The molecule has 0 aromatic heterocycles. The molecule has 1 N–H and O–H groups in total. The second-order valence-electron chi connectivity index (χ2n) is 4.01. The highest BCUT2D eigenvalue weighted by atomic mass is 79.9. The third-order valence-corrected chi connectivity index (χ3v) is 4.11. The second kappa shape index (κ2) is 6.87. The molecule has 4 heteroatoms. The van der Waals surface area contributed by atoms with Gasteiger partial charge in [-0.15, -0.1) is 11.8 Å². The van der Waals surface area contributed by atoms with E-state index in [1.807, 2.05) is 18.2 Å². The van der Waals surface area contributed by atoms with Gasteiger partial charge in [0.15, 0.2) is 0 Å². The van der Waals surface area contributed by atoms with Crippen molar-refractivity contribution in [3.8, 4) is 5.75 Å². The minimum Gasteiger partial charge on any atom is -0.496 e. The van der Waals surface area contributed by atoms with Gasteiger partial charge in [-0.05, 0) is 36.6 Å². The third-order valence-electron chi connectivity index (χ3n) is 2.82. The molecule has 2 nitrogen and oxygen atoms in total. The Labute approximate surface area is 126 Å². The number of ether oxygens (including phenoxy) is 1. The third kappa shape index (κ3) is 3.67. The van der Waals surface area contributed by atoms with E-state index in [0.29, 0.717) is 0 Å². The Bertz CT molecular complexity index is 560. The minimum absolute atomic E-state index is 0.736. The predicted molar refractivity (Wildman–Crippen MR) is 86.2 cm³/mol. The molecular formula is C15H16BrNOS. The van der Waals surface area contributed by atoms with Crippen LogP contribution in [0.4, 0.5) is 5.69 Å². The van der Waals surface area contributed by atoms with Crippen LogP contribution in [0.25, 0.3) is 0 Å². The minimum atomic E-state index is 0.736. The summed E-state index contributed by atoms with van der Waals surface area (Å²) in [6.45, 7) is 0.736. The lowest BCUT2D eigenvalue weighted by atomic mass is 10.2. The Morgan fingerprint density at radius 1 is 1.21 bits per heavy atom. The van der Waals surface area contributed by atoms with Crippen molar-refractivity contribution in [2.45, 2.75) is 11.4 Å². The predicted octanol–water partition coefficient (Wildman–Crippen LogP) is 4.79. The molecule has 0 amide bonds. The first-order valence-corrected chi connectivity index (χ1v) is 7.95. The lowest BCUT2D eigenvalue weighted by molar-refractivity contribution is 0.410. The summed E-state index contributed by atoms with van der Waals surface area (Å²) in [7, 11) is 1.70. The number of thioether (sulfide) groups is 1. The van der Waals surface area contributed by atoms with Crippen LogP contribution in [0.2, 0.25) is 0 Å². The monoisotopic (exact) mass is 337 g/mol. The zero-order valence-electron chi connectivity index (χ0n) is 10.9. The Balaban J connectivity index is 2.16. The number of rotatable bonds is 5. The first kappa shape index (κ1) is 14.3. The molecule has 0 aliphatic rings. The van der Waals surface area contributed by atoms with Crippen molar-refractivity contribution >= 4 is 33.4 Å². The number of anilines is 1. The van der Waals surface area contributed by atoms with Crippen molar-refractivity contribution in [2.75, 3.05) is 18.7 Å². The molecule has 0 spiro atoms. The highest BCUT2D eigenvalue weighted by molar-refractivity contribution is 9.10. The first-order valence-electron chi connectivity index (χ1n) is 5.94. The SMILES string of the molecule is COc1ccc(Br)cc1CNc1ccccc1SC. The lowest BCUT2D eigenvalue weighted by Crippen LogP contribution is -2.02. The van der Waals surface area contributed by atoms with Crippen molar-refractivity contribution in [1.82, 2.24) is 0 Å². The van der Waals surface area contributed by atoms with Gasteiger partial charge >= 0.3 is 0 Å². The van der Waals surface area contributed by atoms with Crippen LogP contribution in [0, 0.1) is 0 Å². The molecule has 2 aromatic rings. The molecule has 0 unspecified atom stereocenters. The molecule has 2 rings (SSSR count). The Hall–Kier alpha value is -1.13. The Kier molecular flexibility index (Phi) is 5.16. The molecule has 0 aliphatic heterocycles. The summed E-state index contributed by atoms with van der Waals surface area (Å²) in [5.41, 5.74) is 2.28. The number of hydrogen-bond donors (Lipinski definition) is 1. The maximum absolute atomic E-state index is 5.38. The van der Waals surface area contributed by atoms with Crippen LogP contribution in [0.5, 0.6) is 5.75 Å². The summed E-state index contributed by atoms with van der Waals surface area (Å²) in [5.74, 6) is 0.900. The van der Waals surface area contributed by atoms with Gasteiger partial charge in [-0.3, -0.25) is 0 Å². The average molecular weight is 338 g/mol. The average Bonchev–Trinajstić information content (AvgIpc) is 2.45. The normalized spacial score (nSPS) is 10.3. The van der Waals surface area contributed by atoms with Gasteiger partial charge in [0.1, 0.15) is 5.75 Å². The molecule has 0 fully saturated rings. The van der Waals surface area contributed by atoms with Crippen LogP contribution in [-0.4, -0.2) is 13.4 Å². The standard InChI is InChI=1S/C15H16BrNOS/c1-18-14-8-7-12(16)9-11(14)10-17-13-5-3-4-6-15(13)19-2/h3-9,17H,10H2,1-2H3. The van der Waals surface area contributed by atoms with E-state index in [4.69, 9.17) is 4.74 Å². The fourth-order valence-electron chi connectivity index (χ4n) is 1.87. The molecule has 100 valence electrons. The molecule has 0 saturated heterocycles. The van der Waals surface area contributed by atoms with Gasteiger partial charge in [0.25, 0.3) is 0 Å². The van der Waals surface area contributed by atoms with E-state index >= 15 is 0 Å². The van der Waals surface area contributed by atoms with E-state index in [1.165, 1.54) is 4.90 Å². The zero-order valence-corrected chi connectivity index (χ0v) is 13.3. The summed E-state index contributed by atoms with van der Waals surface area (Å²) in [4.78, 5) is 1.25. The fraction of sp³-hybridized carbons (Fsp3) is 0.200. The van der Waals surface area contributed by atoms with E-state index < -0.39 is 0 Å². The second-order valence-corrected chi connectivity index (χ2v) is 5.77. The van der Waals surface area contributed by atoms with Crippen LogP contribution in [-0.2, 0) is 6.54 Å². The van der Waals surface area contributed by atoms with Crippen molar-refractivity contribution in [1.29, 1.82) is 0 Å². The van der Waals surface area contributed by atoms with Crippen molar-refractivity contribution in [3.63, 3.8) is 0 Å². The molecule has 19 heavy (non-hydrogen) atoms. The largest absolute Gasteiger partial charge is 0.496 e. The highest BCUT2D eigenvalue weighted by Gasteiger charge is 2.05. The molecule has 2 aromatic carbocycles. The van der Waals surface area contributed by atoms with Crippen LogP contribution in [0.3, 0.4) is 0 Å². The quantitative estimate of drug-likeness (QED) is 0.792. The van der Waals surface area contributed by atoms with Gasteiger partial charge in [-0.2, -0.15) is 0 Å². The van der Waals surface area contributed by atoms with Gasteiger partial charge in [0.2, 0.25) is 0 Å². The summed E-state index contributed by atoms with van der Waals surface area (Å²) < 4.78 is 6.44. The topological polar surface area (TPSA) is 21.3 Å². The summed E-state index contributed by atoms with van der Waals surface area (Å²) in [6.07, 6.45) is 2.08. The summed E-state index contributed by atoms with van der Waals surface area (Å²) >= 11 is 5.23. The van der Waals surface area contributed by atoms with Gasteiger partial charge in [0.05, 0.1) is 7.11 Å². The maximum Gasteiger partial charge on any atom is 0.123 e. The molecule has 0 bridgehead atoms. The smallest absolute Gasteiger partial charge is 0.123 e. The van der Waals surface area contributed by atoms with E-state index in [-0.39, 0.29) is 0 Å². The maximum atomic E-state index is 5.38. The Morgan fingerprint density at radius 3 is 2.74 bits per heavy atom. The lowest BCUT2D eigenvalue weighted by Gasteiger charge is -2.13. The van der Waals surface area contributed by atoms with Gasteiger partial charge in [-0.25, -0.2) is 0 Å². The highest BCUT2D eigenvalue weighted by Crippen LogP contribution is 2.27. The number of para-hydroxylation sites is 1. The van der Waals surface area contributed by atoms with Crippen LogP contribution < -0.4 is 10.1 Å². The molecule has 0 saturated carbocycles. The molecule has 0 atom stereocenters. The molecule has 0 heterocycles. The number of hydrogen-bond acceptors (Lipinski definition) is 3. The number of nitrogens with one attached hydrogen (secondary N) is 1. The van der Waals surface area contributed by atoms with E-state index in [2.05, 4.69) is 51.8 Å². The number of benzene rings is 2. The number of halogens is 1. The van der Waals surface area contributed by atoms with Gasteiger partial charge < -0.3 is 10.1 Å². The summed E-state index contributed by atoms with van der Waals surface area (Å²) in [6, 6.07) is 14.3. The van der Waals surface area contributed by atoms with Gasteiger partial charge in [-0.1, -0.05) is 28.1 Å². The molecule has 0 radical (unpaired) electrons. The van der Waals surface area contributed by atoms with E-state index in [9.17, 15) is 0 Å². The number of methoxy groups -OCH3 is 1. The molecular weight excluding hydrogens is 322 g/mol. The van der Waals surface area contributed by atoms with Crippen LogP contribution in [0.1, 0.15) is 5.56 Å².